The summed E-state index contributed by atoms with van der Waals surface area (Å²) in [6.45, 7) is 1.91. The van der Waals surface area contributed by atoms with E-state index in [1.807, 2.05) is 18.2 Å². The molecule has 0 saturated carbocycles. The Morgan fingerprint density at radius 1 is 1.53 bits per heavy atom. The van der Waals surface area contributed by atoms with Gasteiger partial charge in [0.2, 0.25) is 0 Å². The summed E-state index contributed by atoms with van der Waals surface area (Å²) in [7, 11) is 3.70. The highest BCUT2D eigenvalue weighted by atomic mass is 16.1. The lowest BCUT2D eigenvalue weighted by molar-refractivity contribution is 0.0963. The van der Waals surface area contributed by atoms with Crippen molar-refractivity contribution >= 4 is 17.3 Å². The highest BCUT2D eigenvalue weighted by molar-refractivity contribution is 5.96. The molecule has 1 heterocycles. The average molecular weight is 205 g/mol. The van der Waals surface area contributed by atoms with Crippen LogP contribution in [0.4, 0.5) is 11.4 Å². The summed E-state index contributed by atoms with van der Waals surface area (Å²) in [5, 5.41) is 5.91. The number of likely N-dealkylation sites (N-methyl/N-ethyl adjacent to an activating group) is 1. The van der Waals surface area contributed by atoms with Crippen molar-refractivity contribution in [1.82, 2.24) is 5.32 Å². The van der Waals surface area contributed by atoms with Crippen LogP contribution < -0.4 is 15.5 Å². The number of benzene rings is 1. The molecule has 0 spiro atoms. The van der Waals surface area contributed by atoms with Gasteiger partial charge < -0.3 is 15.5 Å². The molecule has 1 aromatic rings. The first-order chi connectivity index (χ1) is 7.22. The van der Waals surface area contributed by atoms with Gasteiger partial charge in [0, 0.05) is 32.7 Å². The summed E-state index contributed by atoms with van der Waals surface area (Å²) >= 11 is 0. The normalized spacial score (nSPS) is 14.1. The van der Waals surface area contributed by atoms with Gasteiger partial charge >= 0.3 is 0 Å². The zero-order valence-corrected chi connectivity index (χ0v) is 9.00. The van der Waals surface area contributed by atoms with Crippen LogP contribution in [-0.4, -0.2) is 33.1 Å². The van der Waals surface area contributed by atoms with E-state index in [1.54, 1.807) is 7.05 Å². The Balaban J connectivity index is 2.37. The minimum atomic E-state index is -0.0483. The van der Waals surface area contributed by atoms with E-state index in [-0.39, 0.29) is 5.91 Å². The van der Waals surface area contributed by atoms with Crippen LogP contribution in [0.3, 0.4) is 0 Å². The number of carbonyl (C=O) groups is 1. The average Bonchev–Trinajstić information content (AvgIpc) is 2.28. The van der Waals surface area contributed by atoms with Crippen LogP contribution in [0.25, 0.3) is 0 Å². The third-order valence-electron chi connectivity index (χ3n) is 2.66. The van der Waals surface area contributed by atoms with Crippen LogP contribution in [0.5, 0.6) is 0 Å². The first-order valence-electron chi connectivity index (χ1n) is 5.03. The number of amides is 1. The minimum absolute atomic E-state index is 0.0483. The second-order valence-electron chi connectivity index (χ2n) is 3.66. The molecule has 1 aliphatic rings. The molecular formula is C11H15N3O. The number of nitrogens with one attached hydrogen (secondary N) is 2. The molecule has 1 aliphatic heterocycles. The standard InChI is InChI=1S/C11H15N3O/c1-12-11(15)8-3-4-10-9(7-8)13-5-6-14(10)2/h3-4,7,13H,5-6H2,1-2H3,(H,12,15). The van der Waals surface area contributed by atoms with E-state index in [9.17, 15) is 4.79 Å². The van der Waals surface area contributed by atoms with Crippen molar-refractivity contribution < 1.29 is 4.79 Å². The quantitative estimate of drug-likeness (QED) is 0.716. The van der Waals surface area contributed by atoms with Crippen molar-refractivity contribution in [2.45, 2.75) is 0 Å². The van der Waals surface area contributed by atoms with Gasteiger partial charge in [0.1, 0.15) is 0 Å². The molecule has 1 amide bonds. The van der Waals surface area contributed by atoms with Crippen LogP contribution in [0.1, 0.15) is 10.4 Å². The van der Waals surface area contributed by atoms with Crippen LogP contribution in [-0.2, 0) is 0 Å². The van der Waals surface area contributed by atoms with E-state index in [0.29, 0.717) is 5.56 Å². The molecular weight excluding hydrogens is 190 g/mol. The summed E-state index contributed by atoms with van der Waals surface area (Å²) in [6, 6.07) is 5.72. The van der Waals surface area contributed by atoms with E-state index in [0.717, 1.165) is 24.5 Å². The maximum absolute atomic E-state index is 11.4. The Labute approximate surface area is 89.3 Å². The van der Waals surface area contributed by atoms with E-state index in [4.69, 9.17) is 0 Å². The zero-order chi connectivity index (χ0) is 10.8. The minimum Gasteiger partial charge on any atom is -0.382 e. The van der Waals surface area contributed by atoms with E-state index in [2.05, 4.69) is 22.6 Å². The Morgan fingerprint density at radius 3 is 3.07 bits per heavy atom. The monoisotopic (exact) mass is 205 g/mol. The van der Waals surface area contributed by atoms with Crippen LogP contribution in [0.2, 0.25) is 0 Å². The van der Waals surface area contributed by atoms with Crippen molar-refractivity contribution in [1.29, 1.82) is 0 Å². The molecule has 2 rings (SSSR count). The zero-order valence-electron chi connectivity index (χ0n) is 9.00. The summed E-state index contributed by atoms with van der Waals surface area (Å²) in [6.07, 6.45) is 0. The lowest BCUT2D eigenvalue weighted by Crippen LogP contribution is -2.30. The van der Waals surface area contributed by atoms with Gasteiger partial charge in [-0.05, 0) is 18.2 Å². The fourth-order valence-electron chi connectivity index (χ4n) is 1.77. The van der Waals surface area contributed by atoms with Gasteiger partial charge in [-0.1, -0.05) is 0 Å². The number of hydrogen-bond acceptors (Lipinski definition) is 3. The van der Waals surface area contributed by atoms with Gasteiger partial charge in [-0.15, -0.1) is 0 Å². The van der Waals surface area contributed by atoms with E-state index < -0.39 is 0 Å². The summed E-state index contributed by atoms with van der Waals surface area (Å²) in [5.41, 5.74) is 2.87. The number of carbonyl (C=O) groups excluding carboxylic acids is 1. The van der Waals surface area contributed by atoms with Crippen molar-refractivity contribution in [3.63, 3.8) is 0 Å². The molecule has 4 heteroatoms. The van der Waals surface area contributed by atoms with Crippen molar-refractivity contribution in [3.05, 3.63) is 23.8 Å². The molecule has 1 aromatic carbocycles. The predicted molar refractivity (Wildman–Crippen MR) is 61.6 cm³/mol. The van der Waals surface area contributed by atoms with Gasteiger partial charge in [0.05, 0.1) is 11.4 Å². The van der Waals surface area contributed by atoms with E-state index >= 15 is 0 Å². The number of rotatable bonds is 1. The van der Waals surface area contributed by atoms with Gasteiger partial charge in [-0.25, -0.2) is 0 Å². The molecule has 0 unspecified atom stereocenters. The van der Waals surface area contributed by atoms with Crippen LogP contribution >= 0.6 is 0 Å². The number of hydrogen-bond donors (Lipinski definition) is 2. The lowest BCUT2D eigenvalue weighted by atomic mass is 10.1. The maximum Gasteiger partial charge on any atom is 0.251 e. The van der Waals surface area contributed by atoms with Crippen LogP contribution in [0, 0.1) is 0 Å². The molecule has 4 nitrogen and oxygen atoms in total. The molecule has 0 atom stereocenters. The largest absolute Gasteiger partial charge is 0.382 e. The molecule has 0 radical (unpaired) electrons. The molecule has 0 aromatic heterocycles. The molecule has 0 bridgehead atoms. The van der Waals surface area contributed by atoms with Crippen molar-refractivity contribution in [2.75, 3.05) is 37.4 Å². The number of fused-ring (bicyclic) bond motifs is 1. The van der Waals surface area contributed by atoms with Crippen molar-refractivity contribution in [3.8, 4) is 0 Å². The maximum atomic E-state index is 11.4. The molecule has 0 fully saturated rings. The summed E-state index contributed by atoms with van der Waals surface area (Å²) < 4.78 is 0. The lowest BCUT2D eigenvalue weighted by Gasteiger charge is -2.28. The number of anilines is 2. The third-order valence-corrected chi connectivity index (χ3v) is 2.66. The molecule has 0 saturated heterocycles. The van der Waals surface area contributed by atoms with Gasteiger partial charge in [0.15, 0.2) is 0 Å². The first-order valence-corrected chi connectivity index (χ1v) is 5.03. The topological polar surface area (TPSA) is 44.4 Å². The Bertz CT molecular complexity index is 389. The van der Waals surface area contributed by atoms with Gasteiger partial charge in [-0.3, -0.25) is 4.79 Å². The third kappa shape index (κ3) is 1.75. The Kier molecular flexibility index (Phi) is 2.49. The van der Waals surface area contributed by atoms with Gasteiger partial charge in [-0.2, -0.15) is 0 Å². The SMILES string of the molecule is CNC(=O)c1ccc2c(c1)NCCN2C. The number of nitrogens with zero attached hydrogens (tertiary/aromatic N) is 1. The molecule has 80 valence electrons. The Hall–Kier alpha value is -1.71. The van der Waals surface area contributed by atoms with Crippen LogP contribution in [0.15, 0.2) is 18.2 Å². The second kappa shape index (κ2) is 3.81. The molecule has 0 aliphatic carbocycles. The summed E-state index contributed by atoms with van der Waals surface area (Å²) in [4.78, 5) is 13.6. The molecule has 2 N–H and O–H groups in total. The fraction of sp³-hybridized carbons (Fsp3) is 0.364. The van der Waals surface area contributed by atoms with Gasteiger partial charge in [0.25, 0.3) is 5.91 Å². The van der Waals surface area contributed by atoms with Crippen molar-refractivity contribution in [2.24, 2.45) is 0 Å². The summed E-state index contributed by atoms with van der Waals surface area (Å²) in [5.74, 6) is -0.0483. The Morgan fingerprint density at radius 2 is 2.33 bits per heavy atom. The fourth-order valence-corrected chi connectivity index (χ4v) is 1.77. The first kappa shape index (κ1) is 9.83. The van der Waals surface area contributed by atoms with E-state index in [1.165, 1.54) is 0 Å². The second-order valence-corrected chi connectivity index (χ2v) is 3.66. The molecule has 15 heavy (non-hydrogen) atoms. The smallest absolute Gasteiger partial charge is 0.251 e. The predicted octanol–water partition coefficient (Wildman–Crippen LogP) is 0.908. The highest BCUT2D eigenvalue weighted by Gasteiger charge is 2.14. The highest BCUT2D eigenvalue weighted by Crippen LogP contribution is 2.28.